The fourth-order valence-electron chi connectivity index (χ4n) is 2.68. The molecule has 1 N–H and O–H groups in total. The minimum Gasteiger partial charge on any atom is -0.384 e. The fourth-order valence-corrected chi connectivity index (χ4v) is 2.68. The number of piperidine rings is 1. The van der Waals surface area contributed by atoms with Crippen LogP contribution in [0.1, 0.15) is 26.7 Å². The van der Waals surface area contributed by atoms with E-state index in [-0.39, 0.29) is 0 Å². The van der Waals surface area contributed by atoms with Gasteiger partial charge in [-0.3, -0.25) is 4.90 Å². The number of hydrogen-bond donors (Lipinski definition) is 1. The second-order valence-electron chi connectivity index (χ2n) is 5.30. The van der Waals surface area contributed by atoms with E-state index in [2.05, 4.69) is 24.1 Å². The molecule has 1 aliphatic heterocycles. The van der Waals surface area contributed by atoms with Gasteiger partial charge in [-0.05, 0) is 44.8 Å². The summed E-state index contributed by atoms with van der Waals surface area (Å²) >= 11 is 0. The van der Waals surface area contributed by atoms with E-state index in [1.54, 1.807) is 0 Å². The second kappa shape index (κ2) is 7.25. The van der Waals surface area contributed by atoms with Gasteiger partial charge in [0.25, 0.3) is 0 Å². The lowest BCUT2D eigenvalue weighted by molar-refractivity contribution is 0.0667. The molecule has 0 bridgehead atoms. The molecule has 1 rings (SSSR count). The Kier molecular flexibility index (Phi) is 6.32. The lowest BCUT2D eigenvalue weighted by Gasteiger charge is -2.39. The van der Waals surface area contributed by atoms with Crippen LogP contribution in [0.2, 0.25) is 0 Å². The average Bonchev–Trinajstić information content (AvgIpc) is 2.27. The average molecular weight is 228 g/mol. The minimum atomic E-state index is 0.688. The number of ether oxygens (including phenoxy) is 1. The van der Waals surface area contributed by atoms with E-state index >= 15 is 0 Å². The lowest BCUT2D eigenvalue weighted by Crippen LogP contribution is -2.48. The summed E-state index contributed by atoms with van der Waals surface area (Å²) in [7, 11) is 3.86. The number of hydrogen-bond acceptors (Lipinski definition) is 3. The third kappa shape index (κ3) is 4.04. The molecule has 1 unspecified atom stereocenters. The van der Waals surface area contributed by atoms with Gasteiger partial charge in [0.05, 0.1) is 0 Å². The standard InChI is InChI=1S/C13H28N2O/c1-11(2)13(9-14-3)15-7-5-12(6-8-15)10-16-4/h11-14H,5-10H2,1-4H3. The summed E-state index contributed by atoms with van der Waals surface area (Å²) in [5, 5.41) is 3.32. The van der Waals surface area contributed by atoms with E-state index in [0.29, 0.717) is 6.04 Å². The highest BCUT2D eigenvalue weighted by atomic mass is 16.5. The van der Waals surface area contributed by atoms with Crippen LogP contribution in [0.25, 0.3) is 0 Å². The molecule has 1 heterocycles. The van der Waals surface area contributed by atoms with Gasteiger partial charge in [0.2, 0.25) is 0 Å². The first-order chi connectivity index (χ1) is 7.69. The number of rotatable bonds is 6. The predicted octanol–water partition coefficient (Wildman–Crippen LogP) is 1.59. The maximum absolute atomic E-state index is 5.24. The minimum absolute atomic E-state index is 0.688. The molecule has 1 aliphatic rings. The van der Waals surface area contributed by atoms with Crippen LogP contribution in [0, 0.1) is 11.8 Å². The highest BCUT2D eigenvalue weighted by molar-refractivity contribution is 4.81. The maximum Gasteiger partial charge on any atom is 0.0491 e. The third-order valence-electron chi connectivity index (χ3n) is 3.70. The van der Waals surface area contributed by atoms with Crippen molar-refractivity contribution >= 4 is 0 Å². The van der Waals surface area contributed by atoms with Gasteiger partial charge in [-0.2, -0.15) is 0 Å². The predicted molar refractivity (Wildman–Crippen MR) is 68.7 cm³/mol. The maximum atomic E-state index is 5.24. The molecule has 0 amide bonds. The van der Waals surface area contributed by atoms with Crippen LogP contribution >= 0.6 is 0 Å². The molecule has 0 saturated carbocycles. The van der Waals surface area contributed by atoms with Crippen LogP contribution in [-0.2, 0) is 4.74 Å². The number of nitrogens with one attached hydrogen (secondary N) is 1. The number of likely N-dealkylation sites (tertiary alicyclic amines) is 1. The van der Waals surface area contributed by atoms with E-state index in [1.165, 1.54) is 25.9 Å². The monoisotopic (exact) mass is 228 g/mol. The summed E-state index contributed by atoms with van der Waals surface area (Å²) in [6.45, 7) is 9.16. The quantitative estimate of drug-likeness (QED) is 0.747. The van der Waals surface area contributed by atoms with Crippen LogP contribution < -0.4 is 5.32 Å². The normalized spacial score (nSPS) is 21.6. The summed E-state index contributed by atoms with van der Waals surface area (Å²) in [6.07, 6.45) is 2.58. The Morgan fingerprint density at radius 1 is 1.31 bits per heavy atom. The lowest BCUT2D eigenvalue weighted by atomic mass is 9.93. The van der Waals surface area contributed by atoms with Gasteiger partial charge in [-0.1, -0.05) is 13.8 Å². The van der Waals surface area contributed by atoms with Crippen molar-refractivity contribution < 1.29 is 4.74 Å². The van der Waals surface area contributed by atoms with Gasteiger partial charge in [0.1, 0.15) is 0 Å². The molecule has 3 heteroatoms. The van der Waals surface area contributed by atoms with Crippen molar-refractivity contribution in [2.75, 3.05) is 40.4 Å². The van der Waals surface area contributed by atoms with Gasteiger partial charge >= 0.3 is 0 Å². The molecule has 96 valence electrons. The van der Waals surface area contributed by atoms with Crippen LogP contribution in [-0.4, -0.2) is 51.3 Å². The van der Waals surface area contributed by atoms with Crippen molar-refractivity contribution in [2.24, 2.45) is 11.8 Å². The van der Waals surface area contributed by atoms with Gasteiger partial charge < -0.3 is 10.1 Å². The van der Waals surface area contributed by atoms with E-state index < -0.39 is 0 Å². The van der Waals surface area contributed by atoms with Gasteiger partial charge in [0, 0.05) is 26.3 Å². The van der Waals surface area contributed by atoms with Crippen LogP contribution in [0.4, 0.5) is 0 Å². The molecule has 16 heavy (non-hydrogen) atoms. The molecule has 0 spiro atoms. The first kappa shape index (κ1) is 13.9. The molecule has 0 aliphatic carbocycles. The Hall–Kier alpha value is -0.120. The van der Waals surface area contributed by atoms with E-state index in [0.717, 1.165) is 25.0 Å². The third-order valence-corrected chi connectivity index (χ3v) is 3.70. The van der Waals surface area contributed by atoms with Crippen LogP contribution in [0.15, 0.2) is 0 Å². The Balaban J connectivity index is 2.38. The molecule has 0 aromatic rings. The zero-order chi connectivity index (χ0) is 12.0. The van der Waals surface area contributed by atoms with Gasteiger partial charge in [-0.15, -0.1) is 0 Å². The highest BCUT2D eigenvalue weighted by Crippen LogP contribution is 2.21. The molecule has 1 saturated heterocycles. The largest absolute Gasteiger partial charge is 0.384 e. The highest BCUT2D eigenvalue weighted by Gasteiger charge is 2.26. The number of likely N-dealkylation sites (N-methyl/N-ethyl adjacent to an activating group) is 1. The molecule has 1 atom stereocenters. The first-order valence-electron chi connectivity index (χ1n) is 6.56. The molecule has 0 radical (unpaired) electrons. The van der Waals surface area contributed by atoms with Crippen molar-refractivity contribution in [2.45, 2.75) is 32.7 Å². The number of nitrogens with zero attached hydrogens (tertiary/aromatic N) is 1. The first-order valence-corrected chi connectivity index (χ1v) is 6.56. The molecular formula is C13H28N2O. The summed E-state index contributed by atoms with van der Waals surface area (Å²) in [6, 6.07) is 0.688. The summed E-state index contributed by atoms with van der Waals surface area (Å²) in [5.74, 6) is 1.51. The van der Waals surface area contributed by atoms with E-state index in [4.69, 9.17) is 4.74 Å². The second-order valence-corrected chi connectivity index (χ2v) is 5.30. The summed E-state index contributed by atoms with van der Waals surface area (Å²) < 4.78 is 5.24. The zero-order valence-corrected chi connectivity index (χ0v) is 11.3. The summed E-state index contributed by atoms with van der Waals surface area (Å²) in [5.41, 5.74) is 0. The topological polar surface area (TPSA) is 24.5 Å². The molecular weight excluding hydrogens is 200 g/mol. The van der Waals surface area contributed by atoms with Crippen molar-refractivity contribution in [1.29, 1.82) is 0 Å². The Bertz CT molecular complexity index is 177. The Morgan fingerprint density at radius 2 is 1.94 bits per heavy atom. The fraction of sp³-hybridized carbons (Fsp3) is 1.00. The number of methoxy groups -OCH3 is 1. The molecule has 0 aromatic heterocycles. The van der Waals surface area contributed by atoms with Crippen molar-refractivity contribution in [3.8, 4) is 0 Å². The van der Waals surface area contributed by atoms with Crippen LogP contribution in [0.3, 0.4) is 0 Å². The van der Waals surface area contributed by atoms with E-state index in [1.807, 2.05) is 14.2 Å². The molecule has 0 aromatic carbocycles. The smallest absolute Gasteiger partial charge is 0.0491 e. The SMILES string of the molecule is CNCC(C(C)C)N1CCC(COC)CC1. The van der Waals surface area contributed by atoms with Crippen molar-refractivity contribution in [3.05, 3.63) is 0 Å². The van der Waals surface area contributed by atoms with Crippen molar-refractivity contribution in [3.63, 3.8) is 0 Å². The van der Waals surface area contributed by atoms with Crippen molar-refractivity contribution in [1.82, 2.24) is 10.2 Å². The van der Waals surface area contributed by atoms with E-state index in [9.17, 15) is 0 Å². The zero-order valence-electron chi connectivity index (χ0n) is 11.3. The summed E-state index contributed by atoms with van der Waals surface area (Å²) in [4.78, 5) is 2.65. The Morgan fingerprint density at radius 3 is 2.38 bits per heavy atom. The molecule has 1 fully saturated rings. The molecule has 3 nitrogen and oxygen atoms in total. The van der Waals surface area contributed by atoms with Gasteiger partial charge in [0.15, 0.2) is 0 Å². The van der Waals surface area contributed by atoms with Crippen LogP contribution in [0.5, 0.6) is 0 Å². The Labute approximate surface area is 101 Å². The van der Waals surface area contributed by atoms with Gasteiger partial charge in [-0.25, -0.2) is 0 Å².